The summed E-state index contributed by atoms with van der Waals surface area (Å²) in [6.45, 7) is 11.8. The van der Waals surface area contributed by atoms with Gasteiger partial charge in [-0.25, -0.2) is 0 Å². The van der Waals surface area contributed by atoms with Crippen LogP contribution in [0.3, 0.4) is 0 Å². The van der Waals surface area contributed by atoms with E-state index >= 15 is 0 Å². The average Bonchev–Trinajstić information content (AvgIpc) is 2.23. The third-order valence-electron chi connectivity index (χ3n) is 3.42. The molecular weight excluding hydrogens is 170 g/mol. The van der Waals surface area contributed by atoms with Crippen molar-refractivity contribution in [2.75, 3.05) is 13.6 Å². The summed E-state index contributed by atoms with van der Waals surface area (Å²) < 4.78 is 0. The van der Waals surface area contributed by atoms with Crippen molar-refractivity contribution >= 4 is 0 Å². The zero-order valence-corrected chi connectivity index (χ0v) is 11.1. The van der Waals surface area contributed by atoms with E-state index in [9.17, 15) is 0 Å². The molecule has 1 heteroatoms. The molecule has 2 bridgehead atoms. The summed E-state index contributed by atoms with van der Waals surface area (Å²) in [4.78, 5) is 2.55. The van der Waals surface area contributed by atoms with Gasteiger partial charge in [0, 0.05) is 12.6 Å². The molecule has 1 nitrogen and oxygen atoms in total. The van der Waals surface area contributed by atoms with Crippen molar-refractivity contribution in [3.63, 3.8) is 0 Å². The van der Waals surface area contributed by atoms with Gasteiger partial charge < -0.3 is 4.90 Å². The first-order chi connectivity index (χ1) is 6.70. The Labute approximate surface area is 90.9 Å². The highest BCUT2D eigenvalue weighted by molar-refractivity contribution is 4.93. The monoisotopic (exact) mass is 199 g/mol. The number of hydrogen-bond donors (Lipinski definition) is 0. The standard InChI is InChI=1S/C9H17N.2C2H6/c1-9-5-3-8(4-6-9)10(2)7-9;2*1-2/h8H,3-7H2,1-2H3;2*1-2H3. The zero-order valence-electron chi connectivity index (χ0n) is 11.1. The molecule has 3 aliphatic rings. The minimum absolute atomic E-state index is 0.684. The van der Waals surface area contributed by atoms with Crippen LogP contribution in [0.25, 0.3) is 0 Å². The fourth-order valence-corrected chi connectivity index (χ4v) is 2.63. The SMILES string of the molecule is CC.CC.CN1CC2(C)CCC1CC2. The Bertz CT molecular complexity index is 134. The van der Waals surface area contributed by atoms with Crippen molar-refractivity contribution in [2.45, 2.75) is 66.3 Å². The summed E-state index contributed by atoms with van der Waals surface area (Å²) in [6, 6.07) is 0.932. The van der Waals surface area contributed by atoms with Crippen LogP contribution in [-0.2, 0) is 0 Å². The van der Waals surface area contributed by atoms with Gasteiger partial charge in [-0.2, -0.15) is 0 Å². The number of piperidine rings is 2. The summed E-state index contributed by atoms with van der Waals surface area (Å²) >= 11 is 0. The molecule has 2 heterocycles. The zero-order chi connectivity index (χ0) is 11.2. The van der Waals surface area contributed by atoms with Crippen molar-refractivity contribution in [3.05, 3.63) is 0 Å². The van der Waals surface area contributed by atoms with Gasteiger partial charge in [0.25, 0.3) is 0 Å². The number of fused-ring (bicyclic) bond motifs is 3. The number of nitrogens with zero attached hydrogens (tertiary/aromatic N) is 1. The average molecular weight is 199 g/mol. The maximum absolute atomic E-state index is 2.55. The maximum Gasteiger partial charge on any atom is 0.00928 e. The predicted molar refractivity (Wildman–Crippen MR) is 65.7 cm³/mol. The van der Waals surface area contributed by atoms with E-state index in [0.29, 0.717) is 5.41 Å². The van der Waals surface area contributed by atoms with E-state index < -0.39 is 0 Å². The smallest absolute Gasteiger partial charge is 0.00928 e. The largest absolute Gasteiger partial charge is 0.303 e. The van der Waals surface area contributed by atoms with Crippen molar-refractivity contribution in [2.24, 2.45) is 5.41 Å². The molecule has 0 spiro atoms. The Balaban J connectivity index is 0.000000379. The molecule has 2 aliphatic heterocycles. The molecule has 0 aromatic carbocycles. The van der Waals surface area contributed by atoms with Gasteiger partial charge in [-0.1, -0.05) is 34.6 Å². The van der Waals surface area contributed by atoms with E-state index in [1.54, 1.807) is 0 Å². The Kier molecular flexibility index (Phi) is 6.43. The summed E-state index contributed by atoms with van der Waals surface area (Å²) in [6.07, 6.45) is 5.85. The van der Waals surface area contributed by atoms with Crippen molar-refractivity contribution in [3.8, 4) is 0 Å². The fourth-order valence-electron chi connectivity index (χ4n) is 2.63. The quantitative estimate of drug-likeness (QED) is 0.571. The van der Waals surface area contributed by atoms with Crippen molar-refractivity contribution < 1.29 is 0 Å². The van der Waals surface area contributed by atoms with Gasteiger partial charge in [0.15, 0.2) is 0 Å². The van der Waals surface area contributed by atoms with E-state index in [2.05, 4.69) is 18.9 Å². The van der Waals surface area contributed by atoms with Gasteiger partial charge in [-0.05, 0) is 38.1 Å². The Morgan fingerprint density at radius 3 is 1.64 bits per heavy atom. The summed E-state index contributed by atoms with van der Waals surface area (Å²) in [5.74, 6) is 0. The Hall–Kier alpha value is -0.0400. The molecule has 3 rings (SSSR count). The first-order valence-electron chi connectivity index (χ1n) is 6.40. The second-order valence-corrected chi connectivity index (χ2v) is 4.46. The molecule has 1 aliphatic carbocycles. The van der Waals surface area contributed by atoms with Crippen molar-refractivity contribution in [1.29, 1.82) is 0 Å². The normalized spacial score (nSPS) is 35.1. The molecule has 14 heavy (non-hydrogen) atoms. The molecule has 1 saturated carbocycles. The minimum Gasteiger partial charge on any atom is -0.303 e. The molecule has 2 saturated heterocycles. The predicted octanol–water partition coefficient (Wildman–Crippen LogP) is 3.93. The molecule has 0 aromatic rings. The fraction of sp³-hybridized carbons (Fsp3) is 1.00. The van der Waals surface area contributed by atoms with Crippen LogP contribution in [0.15, 0.2) is 0 Å². The van der Waals surface area contributed by atoms with Crippen LogP contribution >= 0.6 is 0 Å². The maximum atomic E-state index is 2.55. The molecule has 3 fully saturated rings. The van der Waals surface area contributed by atoms with Crippen LogP contribution in [-0.4, -0.2) is 24.5 Å². The molecule has 0 amide bonds. The van der Waals surface area contributed by atoms with Gasteiger partial charge in [-0.15, -0.1) is 0 Å². The van der Waals surface area contributed by atoms with Crippen LogP contribution in [0.4, 0.5) is 0 Å². The number of hydrogen-bond acceptors (Lipinski definition) is 1. The second kappa shape index (κ2) is 6.44. The molecular formula is C13H29N. The van der Waals surface area contributed by atoms with Crippen LogP contribution in [0.2, 0.25) is 0 Å². The summed E-state index contributed by atoms with van der Waals surface area (Å²) in [5.41, 5.74) is 0.684. The molecule has 0 aromatic heterocycles. The topological polar surface area (TPSA) is 3.24 Å². The lowest BCUT2D eigenvalue weighted by Gasteiger charge is -2.50. The first kappa shape index (κ1) is 14.0. The van der Waals surface area contributed by atoms with E-state index in [0.717, 1.165) is 6.04 Å². The van der Waals surface area contributed by atoms with Crippen molar-refractivity contribution in [1.82, 2.24) is 4.90 Å². The van der Waals surface area contributed by atoms with E-state index in [-0.39, 0.29) is 0 Å². The van der Waals surface area contributed by atoms with Crippen LogP contribution < -0.4 is 0 Å². The molecule has 0 atom stereocenters. The third-order valence-corrected chi connectivity index (χ3v) is 3.42. The van der Waals surface area contributed by atoms with E-state index in [4.69, 9.17) is 0 Å². The van der Waals surface area contributed by atoms with Gasteiger partial charge >= 0.3 is 0 Å². The molecule has 0 N–H and O–H groups in total. The highest BCUT2D eigenvalue weighted by Crippen LogP contribution is 2.43. The molecule has 86 valence electrons. The molecule has 0 radical (unpaired) electrons. The summed E-state index contributed by atoms with van der Waals surface area (Å²) in [5, 5.41) is 0. The van der Waals surface area contributed by atoms with Crippen LogP contribution in [0, 0.1) is 5.41 Å². The Morgan fingerprint density at radius 1 is 1.00 bits per heavy atom. The van der Waals surface area contributed by atoms with Gasteiger partial charge in [-0.3, -0.25) is 0 Å². The van der Waals surface area contributed by atoms with Gasteiger partial charge in [0.05, 0.1) is 0 Å². The Morgan fingerprint density at radius 2 is 1.43 bits per heavy atom. The highest BCUT2D eigenvalue weighted by Gasteiger charge is 2.39. The number of rotatable bonds is 0. The third kappa shape index (κ3) is 3.27. The van der Waals surface area contributed by atoms with Crippen LogP contribution in [0.1, 0.15) is 60.3 Å². The molecule has 0 unspecified atom stereocenters. The second-order valence-electron chi connectivity index (χ2n) is 4.46. The lowest BCUT2D eigenvalue weighted by molar-refractivity contribution is 0.00820. The van der Waals surface area contributed by atoms with Gasteiger partial charge in [0.1, 0.15) is 0 Å². The van der Waals surface area contributed by atoms with E-state index in [1.165, 1.54) is 32.2 Å². The first-order valence-corrected chi connectivity index (χ1v) is 6.40. The van der Waals surface area contributed by atoms with Crippen LogP contribution in [0.5, 0.6) is 0 Å². The lowest BCUT2D eigenvalue weighted by Crippen LogP contribution is -2.50. The highest BCUT2D eigenvalue weighted by atomic mass is 15.2. The summed E-state index contributed by atoms with van der Waals surface area (Å²) in [7, 11) is 2.28. The van der Waals surface area contributed by atoms with Gasteiger partial charge in [0.2, 0.25) is 0 Å². The lowest BCUT2D eigenvalue weighted by atomic mass is 9.69. The van der Waals surface area contributed by atoms with E-state index in [1.807, 2.05) is 27.7 Å². The minimum atomic E-state index is 0.684.